The molecule has 1 aromatic carbocycles. The molecule has 2 rings (SSSR count). The number of para-hydroxylation sites is 1. The van der Waals surface area contributed by atoms with Gasteiger partial charge in [0.05, 0.1) is 22.5 Å². The summed E-state index contributed by atoms with van der Waals surface area (Å²) in [6.45, 7) is 0.458. The maximum atomic E-state index is 12.5. The zero-order valence-corrected chi connectivity index (χ0v) is 15.8. The molecule has 0 bridgehead atoms. The summed E-state index contributed by atoms with van der Waals surface area (Å²) in [5.41, 5.74) is 0.316. The number of ether oxygens (including phenoxy) is 1. The Morgan fingerprint density at radius 1 is 1.35 bits per heavy atom. The molecule has 0 spiro atoms. The highest BCUT2D eigenvalue weighted by Gasteiger charge is 2.32. The molecule has 7 nitrogen and oxygen atoms in total. The first kappa shape index (κ1) is 20.1. The van der Waals surface area contributed by atoms with E-state index >= 15 is 0 Å². The molecule has 1 aromatic rings. The van der Waals surface area contributed by atoms with Crippen LogP contribution in [-0.2, 0) is 14.3 Å². The molecule has 1 aliphatic rings. The van der Waals surface area contributed by atoms with Crippen LogP contribution in [0.2, 0.25) is 0 Å². The van der Waals surface area contributed by atoms with Gasteiger partial charge in [-0.1, -0.05) is 42.5 Å². The van der Waals surface area contributed by atoms with Gasteiger partial charge in [-0.25, -0.2) is 0 Å². The van der Waals surface area contributed by atoms with Gasteiger partial charge in [-0.2, -0.15) is 0 Å². The molecule has 1 fully saturated rings. The van der Waals surface area contributed by atoms with Gasteiger partial charge in [-0.05, 0) is 25.0 Å². The number of nitro groups is 1. The highest BCUT2D eigenvalue weighted by atomic mass is 32.2. The van der Waals surface area contributed by atoms with Crippen LogP contribution < -0.4 is 0 Å². The van der Waals surface area contributed by atoms with Crippen LogP contribution in [0.15, 0.2) is 29.2 Å². The lowest BCUT2D eigenvalue weighted by atomic mass is 10.1. The molecule has 0 saturated carbocycles. The summed E-state index contributed by atoms with van der Waals surface area (Å²) in [5.74, 6) is -0.492. The average Bonchev–Trinajstić information content (AvgIpc) is 2.88. The molecule has 1 aliphatic heterocycles. The Bertz CT molecular complexity index is 763. The van der Waals surface area contributed by atoms with Gasteiger partial charge in [0, 0.05) is 19.0 Å². The summed E-state index contributed by atoms with van der Waals surface area (Å²) in [5, 5.41) is 11.1. The lowest BCUT2D eigenvalue weighted by molar-refractivity contribution is -0.385. The summed E-state index contributed by atoms with van der Waals surface area (Å²) in [4.78, 5) is 36.1. The van der Waals surface area contributed by atoms with Gasteiger partial charge in [0.2, 0.25) is 0 Å². The second-order valence-corrected chi connectivity index (χ2v) is 7.21. The number of unbranched alkanes of at least 4 members (excludes halogenated alkanes) is 2. The van der Waals surface area contributed by atoms with Crippen LogP contribution in [0.1, 0.15) is 31.2 Å². The van der Waals surface area contributed by atoms with Crippen molar-refractivity contribution >= 4 is 51.9 Å². The molecule has 26 heavy (non-hydrogen) atoms. The Morgan fingerprint density at radius 2 is 2.08 bits per heavy atom. The van der Waals surface area contributed by atoms with E-state index in [9.17, 15) is 19.7 Å². The molecule has 1 amide bonds. The van der Waals surface area contributed by atoms with Crippen LogP contribution in [-0.4, -0.2) is 39.7 Å². The number of carbonyl (C=O) groups excluding carboxylic acids is 2. The number of esters is 1. The number of thiocarbonyl (C=S) groups is 1. The summed E-state index contributed by atoms with van der Waals surface area (Å²) in [6, 6.07) is 6.25. The van der Waals surface area contributed by atoms with Gasteiger partial charge in [-0.15, -0.1) is 0 Å². The number of hydrogen-bond donors (Lipinski definition) is 0. The molecule has 0 unspecified atom stereocenters. The molecule has 1 heterocycles. The van der Waals surface area contributed by atoms with Gasteiger partial charge in [0.1, 0.15) is 4.32 Å². The van der Waals surface area contributed by atoms with Crippen LogP contribution in [0.25, 0.3) is 6.08 Å². The van der Waals surface area contributed by atoms with Gasteiger partial charge in [0.25, 0.3) is 11.6 Å². The van der Waals surface area contributed by atoms with Crippen LogP contribution >= 0.6 is 24.0 Å². The highest BCUT2D eigenvalue weighted by molar-refractivity contribution is 8.26. The van der Waals surface area contributed by atoms with Crippen molar-refractivity contribution in [3.63, 3.8) is 0 Å². The first-order chi connectivity index (χ1) is 12.4. The molecule has 0 aliphatic carbocycles. The Labute approximate surface area is 160 Å². The summed E-state index contributed by atoms with van der Waals surface area (Å²) < 4.78 is 5.02. The fourth-order valence-electron chi connectivity index (χ4n) is 2.43. The van der Waals surface area contributed by atoms with Crippen LogP contribution in [0, 0.1) is 10.1 Å². The van der Waals surface area contributed by atoms with E-state index in [0.29, 0.717) is 40.6 Å². The van der Waals surface area contributed by atoms with Crippen molar-refractivity contribution in [2.24, 2.45) is 0 Å². The zero-order chi connectivity index (χ0) is 19.1. The number of benzene rings is 1. The molecule has 9 heteroatoms. The van der Waals surface area contributed by atoms with E-state index in [1.54, 1.807) is 18.2 Å². The predicted octanol–water partition coefficient (Wildman–Crippen LogP) is 3.53. The topological polar surface area (TPSA) is 89.8 Å². The Morgan fingerprint density at radius 3 is 2.77 bits per heavy atom. The Hall–Kier alpha value is -2.26. The summed E-state index contributed by atoms with van der Waals surface area (Å²) in [6.07, 6.45) is 4.03. The van der Waals surface area contributed by atoms with Gasteiger partial charge in [-0.3, -0.25) is 24.6 Å². The number of nitrogens with zero attached hydrogens (tertiary/aromatic N) is 2. The quantitative estimate of drug-likeness (QED) is 0.166. The van der Waals surface area contributed by atoms with Crippen molar-refractivity contribution in [2.75, 3.05) is 13.7 Å². The molecule has 0 N–H and O–H groups in total. The molecular formula is C17H18N2O5S2. The van der Waals surface area contributed by atoms with Crippen molar-refractivity contribution in [3.8, 4) is 0 Å². The molecule has 0 atom stereocenters. The normalized spacial score (nSPS) is 15.6. The molecule has 0 aromatic heterocycles. The third-order valence-electron chi connectivity index (χ3n) is 3.78. The number of thioether (sulfide) groups is 1. The van der Waals surface area contributed by atoms with E-state index in [0.717, 1.165) is 18.2 Å². The fourth-order valence-corrected chi connectivity index (χ4v) is 3.73. The van der Waals surface area contributed by atoms with E-state index in [-0.39, 0.29) is 17.6 Å². The van der Waals surface area contributed by atoms with Gasteiger partial charge < -0.3 is 4.74 Å². The lowest BCUT2D eigenvalue weighted by Gasteiger charge is -2.13. The maximum absolute atomic E-state index is 12.5. The number of nitro benzene ring substituents is 1. The van der Waals surface area contributed by atoms with Crippen molar-refractivity contribution in [3.05, 3.63) is 44.8 Å². The molecule has 138 valence electrons. The first-order valence-corrected chi connectivity index (χ1v) is 9.22. The van der Waals surface area contributed by atoms with Crippen molar-refractivity contribution in [1.82, 2.24) is 4.90 Å². The predicted molar refractivity (Wildman–Crippen MR) is 103 cm³/mol. The average molecular weight is 394 g/mol. The third kappa shape index (κ3) is 5.12. The van der Waals surface area contributed by atoms with Crippen LogP contribution in [0.4, 0.5) is 5.69 Å². The zero-order valence-electron chi connectivity index (χ0n) is 14.2. The minimum atomic E-state index is -0.478. The summed E-state index contributed by atoms with van der Waals surface area (Å²) in [7, 11) is 1.35. The molecule has 1 saturated heterocycles. The molecule has 0 radical (unpaired) electrons. The van der Waals surface area contributed by atoms with Crippen molar-refractivity contribution in [1.29, 1.82) is 0 Å². The number of carbonyl (C=O) groups is 2. The largest absolute Gasteiger partial charge is 0.469 e. The van der Waals surface area contributed by atoms with E-state index in [4.69, 9.17) is 12.2 Å². The number of amides is 1. The van der Waals surface area contributed by atoms with Crippen molar-refractivity contribution < 1.29 is 19.2 Å². The number of rotatable bonds is 8. The molecular weight excluding hydrogens is 376 g/mol. The van der Waals surface area contributed by atoms with Crippen molar-refractivity contribution in [2.45, 2.75) is 25.7 Å². The Balaban J connectivity index is 1.98. The van der Waals surface area contributed by atoms with Gasteiger partial charge >= 0.3 is 5.97 Å². The first-order valence-electron chi connectivity index (χ1n) is 7.99. The SMILES string of the molecule is COC(=O)CCCCCN1C(=O)/C(=C/c2ccccc2[N+](=O)[O-])SC1=S. The van der Waals surface area contributed by atoms with Crippen LogP contribution in [0.5, 0.6) is 0 Å². The fraction of sp³-hybridized carbons (Fsp3) is 0.353. The second kappa shape index (κ2) is 9.44. The number of methoxy groups -OCH3 is 1. The minimum absolute atomic E-state index is 0.0550. The lowest BCUT2D eigenvalue weighted by Crippen LogP contribution is -2.29. The third-order valence-corrected chi connectivity index (χ3v) is 5.16. The Kier molecular flexibility index (Phi) is 7.28. The summed E-state index contributed by atoms with van der Waals surface area (Å²) >= 11 is 6.39. The van der Waals surface area contributed by atoms with Gasteiger partial charge in [0.15, 0.2) is 0 Å². The monoisotopic (exact) mass is 394 g/mol. The van der Waals surface area contributed by atoms with E-state index < -0.39 is 4.92 Å². The second-order valence-electron chi connectivity index (χ2n) is 5.54. The smallest absolute Gasteiger partial charge is 0.305 e. The van der Waals surface area contributed by atoms with E-state index in [2.05, 4.69) is 4.74 Å². The maximum Gasteiger partial charge on any atom is 0.305 e. The highest BCUT2D eigenvalue weighted by Crippen LogP contribution is 2.34. The van der Waals surface area contributed by atoms with E-state index in [1.807, 2.05) is 0 Å². The van der Waals surface area contributed by atoms with Crippen LogP contribution in [0.3, 0.4) is 0 Å². The van der Waals surface area contributed by atoms with E-state index in [1.165, 1.54) is 24.2 Å². The standard InChI is InChI=1S/C17H18N2O5S2/c1-24-15(20)9-3-2-6-10-18-16(21)14(26-17(18)25)11-12-7-4-5-8-13(12)19(22)23/h4-5,7-8,11H,2-3,6,9-10H2,1H3/b14-11-. The minimum Gasteiger partial charge on any atom is -0.469 e. The number of hydrogen-bond acceptors (Lipinski definition) is 7.